The average Bonchev–Trinajstić information content (AvgIpc) is 3.07. The van der Waals surface area contributed by atoms with E-state index in [2.05, 4.69) is 23.2 Å². The van der Waals surface area contributed by atoms with Gasteiger partial charge in [-0.1, -0.05) is 36.4 Å². The second-order valence-electron chi connectivity index (χ2n) is 7.84. The third-order valence-electron chi connectivity index (χ3n) is 5.22. The Hall–Kier alpha value is -2.96. The number of rotatable bonds is 8. The standard InChI is InChI=1S/C25H28FNO4/c1-16(2)27-22-7-5-4-6-21(22)25(17-8-10-18(26)11-9-17)23(27)13-12-19(28)14-20(29)15-24(30)31-3/h4-13,16,19-20,28-29H,14-15H2,1-3H3/b13-12-/t19-,20+/m1/s1. The second-order valence-corrected chi connectivity index (χ2v) is 7.84. The Balaban J connectivity index is 2.03. The quantitative estimate of drug-likeness (QED) is 0.513. The smallest absolute Gasteiger partial charge is 0.308 e. The van der Waals surface area contributed by atoms with Crippen LogP contribution in [0.4, 0.5) is 4.39 Å². The van der Waals surface area contributed by atoms with Gasteiger partial charge in [-0.05, 0) is 43.7 Å². The molecule has 0 saturated heterocycles. The minimum atomic E-state index is -1.00. The maximum atomic E-state index is 13.5. The summed E-state index contributed by atoms with van der Waals surface area (Å²) in [5.41, 5.74) is 3.74. The van der Waals surface area contributed by atoms with Crippen molar-refractivity contribution in [1.82, 2.24) is 4.57 Å². The number of benzene rings is 2. The van der Waals surface area contributed by atoms with Crippen molar-refractivity contribution in [2.24, 2.45) is 0 Å². The number of aliphatic hydroxyl groups is 2. The van der Waals surface area contributed by atoms with Crippen LogP contribution in [-0.4, -0.2) is 40.1 Å². The lowest BCUT2D eigenvalue weighted by atomic mass is 10.0. The van der Waals surface area contributed by atoms with Gasteiger partial charge >= 0.3 is 5.97 Å². The zero-order valence-electron chi connectivity index (χ0n) is 18.0. The summed E-state index contributed by atoms with van der Waals surface area (Å²) < 4.78 is 20.3. The Morgan fingerprint density at radius 3 is 2.45 bits per heavy atom. The summed E-state index contributed by atoms with van der Waals surface area (Å²) in [5.74, 6) is -0.828. The molecule has 0 spiro atoms. The van der Waals surface area contributed by atoms with Crippen LogP contribution in [0.2, 0.25) is 0 Å². The minimum absolute atomic E-state index is 0.0133. The highest BCUT2D eigenvalue weighted by atomic mass is 19.1. The molecule has 31 heavy (non-hydrogen) atoms. The fourth-order valence-corrected chi connectivity index (χ4v) is 3.84. The lowest BCUT2D eigenvalue weighted by Gasteiger charge is -2.15. The van der Waals surface area contributed by atoms with Gasteiger partial charge in [-0.15, -0.1) is 0 Å². The number of hydrogen-bond donors (Lipinski definition) is 2. The molecule has 5 nitrogen and oxygen atoms in total. The van der Waals surface area contributed by atoms with E-state index in [0.29, 0.717) is 0 Å². The molecule has 1 aromatic heterocycles. The molecule has 0 bridgehead atoms. The molecule has 0 saturated carbocycles. The van der Waals surface area contributed by atoms with Gasteiger partial charge in [0.25, 0.3) is 0 Å². The van der Waals surface area contributed by atoms with Gasteiger partial charge in [-0.2, -0.15) is 0 Å². The topological polar surface area (TPSA) is 71.7 Å². The third-order valence-corrected chi connectivity index (χ3v) is 5.22. The number of halogens is 1. The number of para-hydroxylation sites is 1. The molecular weight excluding hydrogens is 397 g/mol. The highest BCUT2D eigenvalue weighted by Gasteiger charge is 2.19. The first-order valence-corrected chi connectivity index (χ1v) is 10.3. The maximum Gasteiger partial charge on any atom is 0.308 e. The first kappa shape index (κ1) is 22.7. The van der Waals surface area contributed by atoms with Gasteiger partial charge in [0.05, 0.1) is 25.7 Å². The van der Waals surface area contributed by atoms with E-state index in [4.69, 9.17) is 0 Å². The van der Waals surface area contributed by atoms with Gasteiger partial charge in [0.15, 0.2) is 0 Å². The number of ether oxygens (including phenoxy) is 1. The van der Waals surface area contributed by atoms with Crippen molar-refractivity contribution >= 4 is 22.9 Å². The van der Waals surface area contributed by atoms with Crippen LogP contribution in [0, 0.1) is 5.82 Å². The van der Waals surface area contributed by atoms with Crippen LogP contribution in [-0.2, 0) is 9.53 Å². The minimum Gasteiger partial charge on any atom is -0.469 e. The van der Waals surface area contributed by atoms with Crippen molar-refractivity contribution in [2.75, 3.05) is 7.11 Å². The molecule has 2 N–H and O–H groups in total. The Morgan fingerprint density at radius 2 is 1.81 bits per heavy atom. The van der Waals surface area contributed by atoms with E-state index in [1.54, 1.807) is 18.2 Å². The second kappa shape index (κ2) is 9.90. The number of esters is 1. The van der Waals surface area contributed by atoms with E-state index in [1.165, 1.54) is 19.2 Å². The zero-order valence-corrected chi connectivity index (χ0v) is 18.0. The molecule has 0 unspecified atom stereocenters. The van der Waals surface area contributed by atoms with Gasteiger partial charge < -0.3 is 19.5 Å². The number of carbonyl (C=O) groups is 1. The Kier molecular flexibility index (Phi) is 7.25. The zero-order chi connectivity index (χ0) is 22.5. The molecule has 1 heterocycles. The van der Waals surface area contributed by atoms with E-state index < -0.39 is 18.2 Å². The summed E-state index contributed by atoms with van der Waals surface area (Å²) in [7, 11) is 1.26. The molecule has 0 radical (unpaired) electrons. The fourth-order valence-electron chi connectivity index (χ4n) is 3.84. The number of nitrogens with zero attached hydrogens (tertiary/aromatic N) is 1. The molecule has 164 valence electrons. The highest BCUT2D eigenvalue weighted by Crippen LogP contribution is 2.38. The van der Waals surface area contributed by atoms with Gasteiger partial charge in [0.1, 0.15) is 5.82 Å². The number of aromatic nitrogens is 1. The van der Waals surface area contributed by atoms with Crippen LogP contribution in [0.3, 0.4) is 0 Å². The number of fused-ring (bicyclic) bond motifs is 1. The first-order valence-electron chi connectivity index (χ1n) is 10.3. The summed E-state index contributed by atoms with van der Waals surface area (Å²) in [6.45, 7) is 4.16. The summed E-state index contributed by atoms with van der Waals surface area (Å²) >= 11 is 0. The lowest BCUT2D eigenvalue weighted by molar-refractivity contribution is -0.143. The average molecular weight is 426 g/mol. The Morgan fingerprint density at radius 1 is 1.13 bits per heavy atom. The molecule has 0 fully saturated rings. The van der Waals surface area contributed by atoms with E-state index in [9.17, 15) is 19.4 Å². The third kappa shape index (κ3) is 5.21. The van der Waals surface area contributed by atoms with Crippen molar-refractivity contribution in [3.8, 4) is 11.1 Å². The van der Waals surface area contributed by atoms with E-state index >= 15 is 0 Å². The van der Waals surface area contributed by atoms with Crippen molar-refractivity contribution in [3.63, 3.8) is 0 Å². The van der Waals surface area contributed by atoms with Gasteiger partial charge in [-0.25, -0.2) is 4.39 Å². The SMILES string of the molecule is COC(=O)C[C@@H](O)C[C@H](O)/C=C\c1c(-c2ccc(F)cc2)c2ccccc2n1C(C)C. The molecule has 0 aliphatic rings. The number of methoxy groups -OCH3 is 1. The number of carbonyl (C=O) groups excluding carboxylic acids is 1. The molecule has 2 aromatic carbocycles. The molecule has 0 aliphatic heterocycles. The van der Waals surface area contributed by atoms with Crippen molar-refractivity contribution in [1.29, 1.82) is 0 Å². The summed E-state index contributed by atoms with van der Waals surface area (Å²) in [6.07, 6.45) is 1.34. The van der Waals surface area contributed by atoms with Gasteiger partial charge in [0, 0.05) is 34.6 Å². The summed E-state index contributed by atoms with van der Waals surface area (Å²) in [5, 5.41) is 21.4. The van der Waals surface area contributed by atoms with E-state index in [-0.39, 0.29) is 24.7 Å². The molecular formula is C25H28FNO4. The fraction of sp³-hybridized carbons (Fsp3) is 0.320. The van der Waals surface area contributed by atoms with Crippen LogP contribution < -0.4 is 0 Å². The van der Waals surface area contributed by atoms with Gasteiger partial charge in [0.2, 0.25) is 0 Å². The van der Waals surface area contributed by atoms with Crippen LogP contribution in [0.5, 0.6) is 0 Å². The summed E-state index contributed by atoms with van der Waals surface area (Å²) in [4.78, 5) is 11.3. The van der Waals surface area contributed by atoms with Gasteiger partial charge in [-0.3, -0.25) is 4.79 Å². The van der Waals surface area contributed by atoms with Crippen LogP contribution in [0.25, 0.3) is 28.1 Å². The van der Waals surface area contributed by atoms with Crippen LogP contribution in [0.1, 0.15) is 38.4 Å². The van der Waals surface area contributed by atoms with Crippen molar-refractivity contribution in [3.05, 3.63) is 66.1 Å². The van der Waals surface area contributed by atoms with E-state index in [1.807, 2.05) is 30.3 Å². The predicted octanol–water partition coefficient (Wildman–Crippen LogP) is 4.72. The molecule has 6 heteroatoms. The van der Waals surface area contributed by atoms with Crippen LogP contribution >= 0.6 is 0 Å². The van der Waals surface area contributed by atoms with Crippen molar-refractivity contribution < 1.29 is 24.1 Å². The molecule has 3 rings (SSSR count). The largest absolute Gasteiger partial charge is 0.469 e. The molecule has 2 atom stereocenters. The van der Waals surface area contributed by atoms with Crippen molar-refractivity contribution in [2.45, 2.75) is 44.9 Å². The monoisotopic (exact) mass is 425 g/mol. The maximum absolute atomic E-state index is 13.5. The molecule has 0 amide bonds. The normalized spacial score (nSPS) is 13.8. The Bertz CT molecular complexity index is 1070. The molecule has 0 aliphatic carbocycles. The van der Waals surface area contributed by atoms with E-state index in [0.717, 1.165) is 27.7 Å². The first-order chi connectivity index (χ1) is 14.8. The lowest BCUT2D eigenvalue weighted by Crippen LogP contribution is -2.20. The number of hydrogen-bond acceptors (Lipinski definition) is 4. The predicted molar refractivity (Wildman–Crippen MR) is 120 cm³/mol. The number of aliphatic hydroxyl groups excluding tert-OH is 2. The highest BCUT2D eigenvalue weighted by molar-refractivity contribution is 6.01. The Labute approximate surface area is 181 Å². The summed E-state index contributed by atoms with van der Waals surface area (Å²) in [6, 6.07) is 14.5. The van der Waals surface area contributed by atoms with Crippen LogP contribution in [0.15, 0.2) is 54.6 Å². The molecule has 3 aromatic rings.